The third-order valence-electron chi connectivity index (χ3n) is 7.90. The quantitative estimate of drug-likeness (QED) is 0.186. The number of rotatable bonds is 8. The zero-order valence-electron chi connectivity index (χ0n) is 24.0. The molecule has 0 aliphatic rings. The third-order valence-corrected chi connectivity index (χ3v) is 7.90. The van der Waals surface area contributed by atoms with Crippen LogP contribution in [0.1, 0.15) is 0 Å². The number of benzene rings is 7. The highest BCUT2D eigenvalue weighted by molar-refractivity contribution is 6.17. The van der Waals surface area contributed by atoms with Crippen molar-refractivity contribution in [1.29, 1.82) is 0 Å². The summed E-state index contributed by atoms with van der Waals surface area (Å²) in [4.78, 5) is 2.29. The predicted molar refractivity (Wildman–Crippen MR) is 184 cm³/mol. The lowest BCUT2D eigenvalue weighted by Gasteiger charge is -2.29. The lowest BCUT2D eigenvalue weighted by atomic mass is 9.98. The van der Waals surface area contributed by atoms with Gasteiger partial charge in [-0.3, -0.25) is 0 Å². The van der Waals surface area contributed by atoms with Gasteiger partial charge >= 0.3 is 7.69 Å². The highest BCUT2D eigenvalue weighted by atomic mass is 16.5. The minimum absolute atomic E-state index is 0.555. The molecule has 0 unspecified atom stereocenters. The molecule has 0 heterocycles. The van der Waals surface area contributed by atoms with Gasteiger partial charge in [-0.2, -0.15) is 0 Å². The maximum atomic E-state index is 9.38. The molecule has 44 heavy (non-hydrogen) atoms. The summed E-state index contributed by atoms with van der Waals surface area (Å²) < 4.78 is 5.40. The Morgan fingerprint density at radius 1 is 0.432 bits per heavy atom. The fraction of sp³-hybridized carbons (Fsp3) is 0. The van der Waals surface area contributed by atoms with Gasteiger partial charge in [-0.1, -0.05) is 121 Å². The molecule has 7 aromatic rings. The van der Waals surface area contributed by atoms with Crippen molar-refractivity contribution < 1.29 is 9.68 Å². The van der Waals surface area contributed by atoms with Crippen LogP contribution in [0.5, 0.6) is 5.75 Å². The monoisotopic (exact) mass is 566 g/mol. The molecule has 1 N–H and O–H groups in total. The number of hydrogen-bond acceptors (Lipinski definition) is 3. The van der Waals surface area contributed by atoms with E-state index in [1.165, 1.54) is 16.3 Å². The van der Waals surface area contributed by atoms with Crippen molar-refractivity contribution in [2.75, 3.05) is 4.90 Å². The molecule has 0 aliphatic carbocycles. The first kappa shape index (κ1) is 27.3. The summed E-state index contributed by atoms with van der Waals surface area (Å²) in [6.45, 7) is 0. The van der Waals surface area contributed by atoms with Crippen LogP contribution in [0.25, 0.3) is 44.2 Å². The fourth-order valence-corrected chi connectivity index (χ4v) is 5.75. The average Bonchev–Trinajstić information content (AvgIpc) is 3.10. The molecular weight excluding hydrogens is 537 g/mol. The molecule has 0 aromatic heterocycles. The summed E-state index contributed by atoms with van der Waals surface area (Å²) in [5.41, 5.74) is 9.70. The molecule has 3 nitrogen and oxygen atoms in total. The molecule has 0 bridgehead atoms. The van der Waals surface area contributed by atoms with Crippen LogP contribution < -0.4 is 9.55 Å². The number of fused-ring (bicyclic) bond motifs is 1. The van der Waals surface area contributed by atoms with Crippen molar-refractivity contribution in [2.45, 2.75) is 0 Å². The molecule has 0 amide bonds. The molecule has 209 valence electrons. The van der Waals surface area contributed by atoms with E-state index in [1.807, 2.05) is 36.4 Å². The lowest BCUT2D eigenvalue weighted by molar-refractivity contribution is 0.454. The van der Waals surface area contributed by atoms with Crippen molar-refractivity contribution in [2.24, 2.45) is 0 Å². The number of nitrogens with zero attached hydrogens (tertiary/aromatic N) is 1. The second-order valence-corrected chi connectivity index (χ2v) is 10.6. The zero-order chi connectivity index (χ0) is 29.7. The highest BCUT2D eigenvalue weighted by Gasteiger charge is 2.19. The summed E-state index contributed by atoms with van der Waals surface area (Å²) in [6, 6.07) is 59.0. The third kappa shape index (κ3) is 5.59. The first-order valence-electron chi connectivity index (χ1n) is 14.6. The Balaban J connectivity index is 1.40. The van der Waals surface area contributed by atoms with Gasteiger partial charge in [0.1, 0.15) is 5.75 Å². The summed E-state index contributed by atoms with van der Waals surface area (Å²) in [6.07, 6.45) is 0. The maximum absolute atomic E-state index is 9.38. The minimum Gasteiger partial charge on any atom is -0.537 e. The van der Waals surface area contributed by atoms with E-state index in [2.05, 4.69) is 138 Å². The van der Waals surface area contributed by atoms with Gasteiger partial charge in [0.2, 0.25) is 0 Å². The minimum atomic E-state index is 0.555. The van der Waals surface area contributed by atoms with Crippen molar-refractivity contribution in [3.8, 4) is 39.1 Å². The second kappa shape index (κ2) is 12.3. The van der Waals surface area contributed by atoms with E-state index in [4.69, 9.17) is 4.65 Å². The molecule has 0 spiro atoms. The van der Waals surface area contributed by atoms with Gasteiger partial charge in [-0.05, 0) is 87.1 Å². The van der Waals surface area contributed by atoms with Gasteiger partial charge in [0.15, 0.2) is 0 Å². The van der Waals surface area contributed by atoms with E-state index in [0.29, 0.717) is 5.75 Å². The Hall–Kier alpha value is -5.58. The Labute approximate surface area is 258 Å². The molecule has 7 rings (SSSR count). The van der Waals surface area contributed by atoms with Gasteiger partial charge in [0.25, 0.3) is 0 Å². The van der Waals surface area contributed by atoms with Crippen LogP contribution in [0.2, 0.25) is 0 Å². The standard InChI is InChI=1S/C40H29BNO2/c43-41-44-38-24-25-40(39(28-38)32-13-5-2-6-14-32)42(36-22-20-31(21-23-36)29-10-3-1-4-11-29)37-17-9-16-34(27-37)35-19-18-30-12-7-8-15-33(30)26-35/h1-28,43H. The largest absolute Gasteiger partial charge is 0.569 e. The summed E-state index contributed by atoms with van der Waals surface area (Å²) in [5.74, 6) is 0.555. The molecule has 7 aromatic carbocycles. The van der Waals surface area contributed by atoms with E-state index in [0.717, 1.165) is 52.6 Å². The van der Waals surface area contributed by atoms with Crippen molar-refractivity contribution >= 4 is 35.5 Å². The first-order valence-corrected chi connectivity index (χ1v) is 14.6. The van der Waals surface area contributed by atoms with Crippen LogP contribution in [-0.4, -0.2) is 12.7 Å². The Morgan fingerprint density at radius 3 is 1.80 bits per heavy atom. The summed E-state index contributed by atoms with van der Waals surface area (Å²) in [5, 5.41) is 11.8. The molecule has 0 saturated heterocycles. The fourth-order valence-electron chi connectivity index (χ4n) is 5.75. The molecular formula is C40H29BNO2. The molecule has 0 saturated carbocycles. The molecule has 0 atom stereocenters. The lowest BCUT2D eigenvalue weighted by Crippen LogP contribution is -2.12. The first-order chi connectivity index (χ1) is 21.8. The molecule has 4 heteroatoms. The Kier molecular flexibility index (Phi) is 7.65. The van der Waals surface area contributed by atoms with Crippen LogP contribution in [0, 0.1) is 0 Å². The Bertz CT molecular complexity index is 2030. The average molecular weight is 566 g/mol. The number of hydrogen-bond donors (Lipinski definition) is 1. The second-order valence-electron chi connectivity index (χ2n) is 10.6. The van der Waals surface area contributed by atoms with Crippen LogP contribution in [0.4, 0.5) is 17.1 Å². The van der Waals surface area contributed by atoms with Crippen LogP contribution in [0.3, 0.4) is 0 Å². The van der Waals surface area contributed by atoms with E-state index in [9.17, 15) is 5.02 Å². The SMILES string of the molecule is O[B]Oc1ccc(N(c2ccc(-c3ccccc3)cc2)c2cccc(-c3ccc4ccccc4c3)c2)c(-c2ccccc2)c1. The van der Waals surface area contributed by atoms with Gasteiger partial charge in [0.05, 0.1) is 5.69 Å². The smallest absolute Gasteiger partial charge is 0.537 e. The van der Waals surface area contributed by atoms with Crippen molar-refractivity contribution in [3.05, 3.63) is 170 Å². The molecule has 1 radical (unpaired) electrons. The van der Waals surface area contributed by atoms with E-state index in [1.54, 1.807) is 0 Å². The number of anilines is 3. The van der Waals surface area contributed by atoms with Crippen LogP contribution >= 0.6 is 0 Å². The van der Waals surface area contributed by atoms with E-state index >= 15 is 0 Å². The van der Waals surface area contributed by atoms with Crippen molar-refractivity contribution in [3.63, 3.8) is 0 Å². The topological polar surface area (TPSA) is 32.7 Å². The van der Waals surface area contributed by atoms with Crippen molar-refractivity contribution in [1.82, 2.24) is 0 Å². The molecule has 0 fully saturated rings. The molecule has 0 aliphatic heterocycles. The van der Waals surface area contributed by atoms with Crippen LogP contribution in [-0.2, 0) is 0 Å². The normalized spacial score (nSPS) is 10.8. The highest BCUT2D eigenvalue weighted by Crippen LogP contribution is 2.43. The van der Waals surface area contributed by atoms with Gasteiger partial charge in [-0.25, -0.2) is 0 Å². The van der Waals surface area contributed by atoms with Gasteiger partial charge < -0.3 is 14.6 Å². The predicted octanol–water partition coefficient (Wildman–Crippen LogP) is 10.2. The zero-order valence-corrected chi connectivity index (χ0v) is 24.0. The van der Waals surface area contributed by atoms with E-state index < -0.39 is 0 Å². The van der Waals surface area contributed by atoms with E-state index in [-0.39, 0.29) is 0 Å². The van der Waals surface area contributed by atoms with Gasteiger partial charge in [-0.15, -0.1) is 0 Å². The Morgan fingerprint density at radius 2 is 1.05 bits per heavy atom. The van der Waals surface area contributed by atoms with Crippen LogP contribution in [0.15, 0.2) is 170 Å². The maximum Gasteiger partial charge on any atom is 0.569 e. The van der Waals surface area contributed by atoms with Gasteiger partial charge in [0, 0.05) is 16.9 Å². The summed E-state index contributed by atoms with van der Waals surface area (Å²) in [7, 11) is 0.719. The summed E-state index contributed by atoms with van der Waals surface area (Å²) >= 11 is 0.